The summed E-state index contributed by atoms with van der Waals surface area (Å²) in [6.45, 7) is 5.28. The number of benzene rings is 2. The average Bonchev–Trinajstić information content (AvgIpc) is 3.43. The van der Waals surface area contributed by atoms with Crippen LogP contribution in [0, 0.1) is 6.92 Å². The van der Waals surface area contributed by atoms with Gasteiger partial charge in [-0.1, -0.05) is 48.0 Å². The van der Waals surface area contributed by atoms with Crippen LogP contribution in [0.15, 0.2) is 143 Å². The Bertz CT molecular complexity index is 1520. The first-order valence-corrected chi connectivity index (χ1v) is 12.7. The summed E-state index contributed by atoms with van der Waals surface area (Å²) in [5, 5.41) is 17.7. The summed E-state index contributed by atoms with van der Waals surface area (Å²) in [4.78, 5) is 0. The molecule has 0 aliphatic carbocycles. The zero-order valence-electron chi connectivity index (χ0n) is 21.5. The van der Waals surface area contributed by atoms with E-state index >= 15 is 0 Å². The van der Waals surface area contributed by atoms with Crippen LogP contribution in [0.4, 0.5) is 23.0 Å². The Morgan fingerprint density at radius 2 is 1.18 bits per heavy atom. The van der Waals surface area contributed by atoms with Gasteiger partial charge in [-0.15, -0.1) is 0 Å². The van der Waals surface area contributed by atoms with E-state index in [1.54, 1.807) is 0 Å². The van der Waals surface area contributed by atoms with Crippen LogP contribution in [-0.2, 0) is 26.2 Å². The third-order valence-corrected chi connectivity index (χ3v) is 6.10. The molecule has 0 saturated heterocycles. The third kappa shape index (κ3) is 6.88. The number of imidazole rings is 1. The number of rotatable bonds is 10. The molecule has 0 aliphatic heterocycles. The maximum Gasteiger partial charge on any atom is 0.350 e. The first kappa shape index (κ1) is 24.8. The maximum absolute atomic E-state index is 4.48. The summed E-state index contributed by atoms with van der Waals surface area (Å²) in [5.41, 5.74) is 2.89. The third-order valence-electron chi connectivity index (χ3n) is 6.10. The van der Waals surface area contributed by atoms with Crippen LogP contribution in [-0.4, -0.2) is 4.57 Å². The van der Waals surface area contributed by atoms with E-state index in [0.29, 0.717) is 0 Å². The largest absolute Gasteiger partial charge is 0.350 e. The molecule has 188 valence electrons. The standard InChI is InChI=1S/C30H31N8/c1-26-13-15-28(16-14-26)32-34-30-12-6-8-18-38(30)24-22-36-20-19-35(25-36)21-23-37-17-7-5-11-29(37)33-31-27-9-3-2-4-10-27/h2-20,25H,21-24H2,1H3/q+3. The molecule has 0 N–H and O–H groups in total. The predicted molar refractivity (Wildman–Crippen MR) is 144 cm³/mol. The Labute approximate surface area is 222 Å². The molecule has 0 saturated carbocycles. The highest BCUT2D eigenvalue weighted by molar-refractivity contribution is 5.38. The Morgan fingerprint density at radius 1 is 0.579 bits per heavy atom. The van der Waals surface area contributed by atoms with Gasteiger partial charge in [-0.3, -0.25) is 0 Å². The second-order valence-electron chi connectivity index (χ2n) is 8.96. The zero-order chi connectivity index (χ0) is 26.0. The van der Waals surface area contributed by atoms with Gasteiger partial charge in [-0.2, -0.15) is 0 Å². The summed E-state index contributed by atoms with van der Waals surface area (Å²) in [7, 11) is 0. The number of aryl methyl sites for hydroxylation is 5. The molecule has 3 heterocycles. The van der Waals surface area contributed by atoms with Gasteiger partial charge < -0.3 is 0 Å². The van der Waals surface area contributed by atoms with Crippen molar-refractivity contribution >= 4 is 23.0 Å². The molecule has 5 rings (SSSR count). The maximum atomic E-state index is 4.48. The molecule has 0 atom stereocenters. The number of nitrogens with zero attached hydrogens (tertiary/aromatic N) is 8. The molecular formula is C30H31N8+3. The van der Waals surface area contributed by atoms with Gasteiger partial charge in [0.05, 0.1) is 22.6 Å². The molecule has 0 amide bonds. The lowest BCUT2D eigenvalue weighted by Gasteiger charge is -2.00. The molecule has 0 bridgehead atoms. The van der Waals surface area contributed by atoms with Gasteiger partial charge in [0.25, 0.3) is 0 Å². The Balaban J connectivity index is 1.19. The van der Waals surface area contributed by atoms with Gasteiger partial charge in [0, 0.05) is 12.1 Å². The van der Waals surface area contributed by atoms with Crippen molar-refractivity contribution in [3.8, 4) is 0 Å². The minimum atomic E-state index is 0.787. The quantitative estimate of drug-likeness (QED) is 0.169. The summed E-state index contributed by atoms with van der Waals surface area (Å²) in [6, 6.07) is 29.8. The molecule has 0 fully saturated rings. The van der Waals surface area contributed by atoms with Crippen molar-refractivity contribution in [2.24, 2.45) is 20.5 Å². The normalized spacial score (nSPS) is 11.5. The number of azo groups is 2. The van der Waals surface area contributed by atoms with Gasteiger partial charge in [-0.25, -0.2) is 18.3 Å². The highest BCUT2D eigenvalue weighted by atomic mass is 15.2. The minimum Gasteiger partial charge on any atom is -0.233 e. The van der Waals surface area contributed by atoms with Crippen LogP contribution >= 0.6 is 0 Å². The molecular weight excluding hydrogens is 472 g/mol. The van der Waals surface area contributed by atoms with Crippen molar-refractivity contribution in [1.29, 1.82) is 0 Å². The van der Waals surface area contributed by atoms with E-state index in [9.17, 15) is 0 Å². The summed E-state index contributed by atoms with van der Waals surface area (Å²) in [6.07, 6.45) is 10.4. The van der Waals surface area contributed by atoms with Crippen molar-refractivity contribution in [3.63, 3.8) is 0 Å². The summed E-state index contributed by atoms with van der Waals surface area (Å²) >= 11 is 0. The van der Waals surface area contributed by atoms with E-state index in [4.69, 9.17) is 0 Å². The summed E-state index contributed by atoms with van der Waals surface area (Å²) in [5.74, 6) is 1.65. The fourth-order valence-corrected chi connectivity index (χ4v) is 3.97. The van der Waals surface area contributed by atoms with E-state index in [1.165, 1.54) is 5.56 Å². The summed E-state index contributed by atoms with van der Waals surface area (Å²) < 4.78 is 8.60. The highest BCUT2D eigenvalue weighted by Gasteiger charge is 2.13. The first-order chi connectivity index (χ1) is 18.7. The SMILES string of the molecule is Cc1ccc(N=Nc2cccc[n+]2CC[n+]2ccn(CC[n+]3ccccc3N=Nc3ccccc3)c2)cc1. The van der Waals surface area contributed by atoms with Crippen molar-refractivity contribution in [2.75, 3.05) is 0 Å². The molecule has 0 unspecified atom stereocenters. The van der Waals surface area contributed by atoms with Crippen molar-refractivity contribution in [2.45, 2.75) is 33.1 Å². The Kier molecular flexibility index (Phi) is 8.10. The van der Waals surface area contributed by atoms with Gasteiger partial charge in [0.15, 0.2) is 0 Å². The van der Waals surface area contributed by atoms with E-state index in [0.717, 1.165) is 49.2 Å². The van der Waals surface area contributed by atoms with Crippen LogP contribution in [0.2, 0.25) is 0 Å². The average molecular weight is 504 g/mol. The molecule has 38 heavy (non-hydrogen) atoms. The molecule has 2 aromatic carbocycles. The molecule has 8 heteroatoms. The minimum absolute atomic E-state index is 0.787. The lowest BCUT2D eigenvalue weighted by molar-refractivity contribution is -0.772. The van der Waals surface area contributed by atoms with Crippen molar-refractivity contribution in [1.82, 2.24) is 4.57 Å². The number of aromatic nitrogens is 4. The lowest BCUT2D eigenvalue weighted by Crippen LogP contribution is -2.43. The van der Waals surface area contributed by atoms with Gasteiger partial charge >= 0.3 is 11.6 Å². The van der Waals surface area contributed by atoms with Gasteiger partial charge in [0.2, 0.25) is 6.33 Å². The van der Waals surface area contributed by atoms with Crippen molar-refractivity contribution < 1.29 is 13.7 Å². The smallest absolute Gasteiger partial charge is 0.233 e. The van der Waals surface area contributed by atoms with E-state index in [-0.39, 0.29) is 0 Å². The molecule has 8 nitrogen and oxygen atoms in total. The predicted octanol–water partition coefficient (Wildman–Crippen LogP) is 5.89. The topological polar surface area (TPSA) is 66.0 Å². The van der Waals surface area contributed by atoms with E-state index in [2.05, 4.69) is 64.4 Å². The zero-order valence-corrected chi connectivity index (χ0v) is 21.5. The molecule has 3 aromatic heterocycles. The van der Waals surface area contributed by atoms with E-state index in [1.807, 2.05) is 103 Å². The number of hydrogen-bond acceptors (Lipinski definition) is 4. The second kappa shape index (κ2) is 12.4. The van der Waals surface area contributed by atoms with Crippen LogP contribution in [0.3, 0.4) is 0 Å². The number of pyridine rings is 2. The monoisotopic (exact) mass is 503 g/mol. The van der Waals surface area contributed by atoms with E-state index < -0.39 is 0 Å². The van der Waals surface area contributed by atoms with Crippen LogP contribution < -0.4 is 13.7 Å². The van der Waals surface area contributed by atoms with Gasteiger partial charge in [-0.05, 0) is 53.6 Å². The molecule has 0 radical (unpaired) electrons. The van der Waals surface area contributed by atoms with Crippen molar-refractivity contribution in [3.05, 3.63) is 128 Å². The lowest BCUT2D eigenvalue weighted by atomic mass is 10.2. The Morgan fingerprint density at radius 3 is 1.87 bits per heavy atom. The van der Waals surface area contributed by atoms with Crippen LogP contribution in [0.1, 0.15) is 5.56 Å². The molecule has 5 aromatic rings. The number of hydrogen-bond donors (Lipinski definition) is 0. The van der Waals surface area contributed by atoms with Gasteiger partial charge in [0.1, 0.15) is 49.9 Å². The van der Waals surface area contributed by atoms with Crippen LogP contribution in [0.5, 0.6) is 0 Å². The Hall–Kier alpha value is -4.85. The first-order valence-electron chi connectivity index (χ1n) is 12.7. The molecule has 0 aliphatic rings. The second-order valence-corrected chi connectivity index (χ2v) is 8.96. The fourth-order valence-electron chi connectivity index (χ4n) is 3.97. The van der Waals surface area contributed by atoms with Crippen LogP contribution in [0.25, 0.3) is 0 Å². The highest BCUT2D eigenvalue weighted by Crippen LogP contribution is 2.16. The molecule has 0 spiro atoms. The fraction of sp³-hybridized carbons (Fsp3) is 0.167.